The van der Waals surface area contributed by atoms with Gasteiger partial charge in [0.1, 0.15) is 0 Å². The lowest BCUT2D eigenvalue weighted by Crippen LogP contribution is -2.30. The van der Waals surface area contributed by atoms with Gasteiger partial charge in [0.05, 0.1) is 5.56 Å². The van der Waals surface area contributed by atoms with Crippen LogP contribution in [0.15, 0.2) is 29.2 Å². The van der Waals surface area contributed by atoms with Gasteiger partial charge in [-0.1, -0.05) is 39.8 Å². The van der Waals surface area contributed by atoms with Crippen LogP contribution >= 0.6 is 11.8 Å². The van der Waals surface area contributed by atoms with E-state index in [1.807, 2.05) is 24.3 Å². The van der Waals surface area contributed by atoms with Crippen molar-refractivity contribution in [1.29, 1.82) is 0 Å². The van der Waals surface area contributed by atoms with Crippen molar-refractivity contribution in [3.63, 3.8) is 0 Å². The van der Waals surface area contributed by atoms with Crippen molar-refractivity contribution >= 4 is 17.7 Å². The van der Waals surface area contributed by atoms with Crippen LogP contribution < -0.4 is 5.32 Å². The first-order valence-electron chi connectivity index (χ1n) is 7.84. The Morgan fingerprint density at radius 2 is 1.90 bits per heavy atom. The molecule has 0 bridgehead atoms. The van der Waals surface area contributed by atoms with Gasteiger partial charge in [-0.05, 0) is 38.2 Å². The zero-order valence-corrected chi connectivity index (χ0v) is 14.5. The molecule has 1 N–H and O–H groups in total. The standard InChI is InChI=1S/C17H28N2OS/c1-5-19(6-2)13-9-12-18-17(20)15-10-7-8-11-16(15)21-14(3)4/h7-8,10-11,14H,5-6,9,12-13H2,1-4H3,(H,18,20). The van der Waals surface area contributed by atoms with Gasteiger partial charge in [-0.2, -0.15) is 0 Å². The third kappa shape index (κ3) is 6.53. The second-order valence-corrected chi connectivity index (χ2v) is 6.92. The predicted molar refractivity (Wildman–Crippen MR) is 92.2 cm³/mol. The van der Waals surface area contributed by atoms with Crippen LogP contribution in [0.1, 0.15) is 44.5 Å². The Kier molecular flexibility index (Phi) is 8.47. The Morgan fingerprint density at radius 1 is 1.24 bits per heavy atom. The Bertz CT molecular complexity index is 431. The molecule has 1 rings (SSSR count). The maximum absolute atomic E-state index is 12.3. The maximum Gasteiger partial charge on any atom is 0.252 e. The number of nitrogens with zero attached hydrogens (tertiary/aromatic N) is 1. The molecule has 0 saturated carbocycles. The van der Waals surface area contributed by atoms with Crippen molar-refractivity contribution in [1.82, 2.24) is 10.2 Å². The summed E-state index contributed by atoms with van der Waals surface area (Å²) in [6, 6.07) is 7.84. The van der Waals surface area contributed by atoms with Gasteiger partial charge in [0.25, 0.3) is 5.91 Å². The molecule has 0 radical (unpaired) electrons. The number of carbonyl (C=O) groups is 1. The van der Waals surface area contributed by atoms with E-state index in [1.54, 1.807) is 11.8 Å². The first-order chi connectivity index (χ1) is 10.1. The van der Waals surface area contributed by atoms with Crippen LogP contribution in [-0.4, -0.2) is 42.2 Å². The Hall–Kier alpha value is -1.00. The number of benzene rings is 1. The van der Waals surface area contributed by atoms with Crippen LogP contribution in [0.4, 0.5) is 0 Å². The molecule has 0 aliphatic rings. The molecular weight excluding hydrogens is 280 g/mol. The highest BCUT2D eigenvalue weighted by molar-refractivity contribution is 8.00. The van der Waals surface area contributed by atoms with Gasteiger partial charge in [-0.25, -0.2) is 0 Å². The number of thioether (sulfide) groups is 1. The Morgan fingerprint density at radius 3 is 2.52 bits per heavy atom. The molecule has 0 aliphatic carbocycles. The maximum atomic E-state index is 12.3. The van der Waals surface area contributed by atoms with Crippen molar-refractivity contribution in [2.24, 2.45) is 0 Å². The molecule has 0 aromatic heterocycles. The topological polar surface area (TPSA) is 32.3 Å². The monoisotopic (exact) mass is 308 g/mol. The molecule has 0 fully saturated rings. The van der Waals surface area contributed by atoms with E-state index in [2.05, 4.69) is 37.9 Å². The summed E-state index contributed by atoms with van der Waals surface area (Å²) >= 11 is 1.74. The summed E-state index contributed by atoms with van der Waals surface area (Å²) in [6.45, 7) is 12.5. The van der Waals surface area contributed by atoms with Crippen LogP contribution in [0.5, 0.6) is 0 Å². The molecule has 1 aromatic rings. The SMILES string of the molecule is CCN(CC)CCCNC(=O)c1ccccc1SC(C)C. The van der Waals surface area contributed by atoms with Gasteiger partial charge in [0.2, 0.25) is 0 Å². The molecule has 0 heterocycles. The first-order valence-corrected chi connectivity index (χ1v) is 8.72. The van der Waals surface area contributed by atoms with Crippen molar-refractivity contribution in [3.8, 4) is 0 Å². The second kappa shape index (κ2) is 9.85. The van der Waals surface area contributed by atoms with Gasteiger partial charge < -0.3 is 10.2 Å². The quantitative estimate of drug-likeness (QED) is 0.558. The lowest BCUT2D eigenvalue weighted by molar-refractivity contribution is 0.0949. The van der Waals surface area contributed by atoms with Gasteiger partial charge >= 0.3 is 0 Å². The molecule has 0 atom stereocenters. The summed E-state index contributed by atoms with van der Waals surface area (Å²) in [5, 5.41) is 3.51. The summed E-state index contributed by atoms with van der Waals surface area (Å²) in [7, 11) is 0. The number of nitrogens with one attached hydrogen (secondary N) is 1. The fourth-order valence-corrected chi connectivity index (χ4v) is 3.10. The van der Waals surface area contributed by atoms with E-state index in [0.717, 1.165) is 43.1 Å². The Balaban J connectivity index is 2.48. The highest BCUT2D eigenvalue weighted by Gasteiger charge is 2.11. The number of carbonyl (C=O) groups excluding carboxylic acids is 1. The number of rotatable bonds is 9. The van der Waals surface area contributed by atoms with E-state index in [1.165, 1.54) is 0 Å². The largest absolute Gasteiger partial charge is 0.352 e. The molecule has 1 amide bonds. The lowest BCUT2D eigenvalue weighted by atomic mass is 10.2. The normalized spacial score (nSPS) is 11.1. The molecule has 1 aromatic carbocycles. The average molecular weight is 308 g/mol. The molecule has 0 saturated heterocycles. The molecule has 0 aliphatic heterocycles. The molecule has 0 spiro atoms. The van der Waals surface area contributed by atoms with Crippen LogP contribution in [0, 0.1) is 0 Å². The van der Waals surface area contributed by atoms with Crippen molar-refractivity contribution in [2.75, 3.05) is 26.2 Å². The molecule has 0 unspecified atom stereocenters. The summed E-state index contributed by atoms with van der Waals surface area (Å²) in [6.07, 6.45) is 0.993. The van der Waals surface area contributed by atoms with Gasteiger partial charge in [0, 0.05) is 16.7 Å². The van der Waals surface area contributed by atoms with Crippen molar-refractivity contribution in [3.05, 3.63) is 29.8 Å². The number of amides is 1. The smallest absolute Gasteiger partial charge is 0.252 e. The summed E-state index contributed by atoms with van der Waals surface area (Å²) in [4.78, 5) is 15.7. The van der Waals surface area contributed by atoms with E-state index >= 15 is 0 Å². The third-order valence-corrected chi connectivity index (χ3v) is 4.41. The number of hydrogen-bond acceptors (Lipinski definition) is 3. The fourth-order valence-electron chi connectivity index (χ4n) is 2.15. The van der Waals surface area contributed by atoms with E-state index in [-0.39, 0.29) is 5.91 Å². The van der Waals surface area contributed by atoms with Crippen molar-refractivity contribution < 1.29 is 4.79 Å². The third-order valence-electron chi connectivity index (χ3n) is 3.33. The molecule has 21 heavy (non-hydrogen) atoms. The highest BCUT2D eigenvalue weighted by Crippen LogP contribution is 2.26. The molecule has 118 valence electrons. The Labute approximate surface area is 133 Å². The van der Waals surface area contributed by atoms with Crippen LogP contribution in [0.3, 0.4) is 0 Å². The zero-order valence-electron chi connectivity index (χ0n) is 13.7. The van der Waals surface area contributed by atoms with Crippen LogP contribution in [-0.2, 0) is 0 Å². The summed E-state index contributed by atoms with van der Waals surface area (Å²) in [5.74, 6) is 0.0401. The predicted octanol–water partition coefficient (Wildman–Crippen LogP) is 3.65. The van der Waals surface area contributed by atoms with Crippen LogP contribution in [0.25, 0.3) is 0 Å². The van der Waals surface area contributed by atoms with E-state index in [0.29, 0.717) is 5.25 Å². The minimum Gasteiger partial charge on any atom is -0.352 e. The fraction of sp³-hybridized carbons (Fsp3) is 0.588. The van der Waals surface area contributed by atoms with Gasteiger partial charge in [0.15, 0.2) is 0 Å². The van der Waals surface area contributed by atoms with Gasteiger partial charge in [-0.15, -0.1) is 11.8 Å². The highest BCUT2D eigenvalue weighted by atomic mass is 32.2. The molecular formula is C17H28N2OS. The van der Waals surface area contributed by atoms with Crippen LogP contribution in [0.2, 0.25) is 0 Å². The minimum atomic E-state index is 0.0401. The second-order valence-electron chi connectivity index (χ2n) is 5.30. The van der Waals surface area contributed by atoms with E-state index in [4.69, 9.17) is 0 Å². The lowest BCUT2D eigenvalue weighted by Gasteiger charge is -2.18. The average Bonchev–Trinajstić information content (AvgIpc) is 2.47. The molecule has 3 nitrogen and oxygen atoms in total. The van der Waals surface area contributed by atoms with Gasteiger partial charge in [-0.3, -0.25) is 4.79 Å². The van der Waals surface area contributed by atoms with E-state index < -0.39 is 0 Å². The first kappa shape index (κ1) is 18.1. The van der Waals surface area contributed by atoms with Crippen molar-refractivity contribution in [2.45, 2.75) is 44.3 Å². The molecule has 4 heteroatoms. The minimum absolute atomic E-state index is 0.0401. The zero-order chi connectivity index (χ0) is 15.7. The van der Waals surface area contributed by atoms with E-state index in [9.17, 15) is 4.79 Å². The number of hydrogen-bond donors (Lipinski definition) is 1. The summed E-state index contributed by atoms with van der Waals surface area (Å²) in [5.41, 5.74) is 0.791. The summed E-state index contributed by atoms with van der Waals surface area (Å²) < 4.78 is 0.